The maximum absolute atomic E-state index is 4.86. The molecule has 0 bridgehead atoms. The van der Waals surface area contributed by atoms with Crippen LogP contribution in [0.4, 0.5) is 0 Å². The van der Waals surface area contributed by atoms with Gasteiger partial charge in [-0.25, -0.2) is 15.0 Å². The van der Waals surface area contributed by atoms with E-state index in [0.29, 0.717) is 17.5 Å². The average molecular weight is 475 g/mol. The number of hydrogen-bond donors (Lipinski definition) is 0. The van der Waals surface area contributed by atoms with Crippen molar-refractivity contribution in [1.29, 1.82) is 0 Å². The topological polar surface area (TPSA) is 51.6 Å². The normalized spacial score (nSPS) is 11.7. The van der Waals surface area contributed by atoms with E-state index in [2.05, 4.69) is 53.5 Å². The molecule has 1 aliphatic carbocycles. The van der Waals surface area contributed by atoms with Gasteiger partial charge in [0, 0.05) is 34.6 Å². The molecule has 6 aromatic rings. The zero-order valence-electron chi connectivity index (χ0n) is 20.0. The third-order valence-electron chi connectivity index (χ3n) is 6.83. The van der Waals surface area contributed by atoms with Crippen molar-refractivity contribution in [3.05, 3.63) is 133 Å². The Morgan fingerprint density at radius 1 is 0.405 bits per heavy atom. The van der Waals surface area contributed by atoms with Gasteiger partial charge in [0.1, 0.15) is 0 Å². The summed E-state index contributed by atoms with van der Waals surface area (Å²) in [5.74, 6) is 1.89. The number of nitrogens with zero attached hydrogens (tertiary/aromatic N) is 4. The summed E-state index contributed by atoms with van der Waals surface area (Å²) in [6, 6.07) is 37.5. The summed E-state index contributed by atoms with van der Waals surface area (Å²) >= 11 is 0. The molecule has 0 N–H and O–H groups in total. The van der Waals surface area contributed by atoms with E-state index >= 15 is 0 Å². The van der Waals surface area contributed by atoms with Crippen LogP contribution in [0.15, 0.2) is 122 Å². The fourth-order valence-corrected chi connectivity index (χ4v) is 4.96. The van der Waals surface area contributed by atoms with E-state index < -0.39 is 0 Å². The highest BCUT2D eigenvalue weighted by Gasteiger charge is 2.19. The second kappa shape index (κ2) is 8.92. The van der Waals surface area contributed by atoms with Crippen molar-refractivity contribution in [2.45, 2.75) is 6.42 Å². The number of benzene rings is 4. The van der Waals surface area contributed by atoms with E-state index in [1.165, 1.54) is 22.3 Å². The molecule has 4 nitrogen and oxygen atoms in total. The molecule has 0 fully saturated rings. The Hall–Kier alpha value is -4.96. The van der Waals surface area contributed by atoms with Crippen molar-refractivity contribution >= 4 is 0 Å². The maximum Gasteiger partial charge on any atom is 0.165 e. The van der Waals surface area contributed by atoms with Crippen LogP contribution in [0.2, 0.25) is 0 Å². The molecule has 7 rings (SSSR count). The Bertz CT molecular complexity index is 1690. The van der Waals surface area contributed by atoms with Crippen molar-refractivity contribution < 1.29 is 0 Å². The summed E-state index contributed by atoms with van der Waals surface area (Å²) in [7, 11) is 0. The number of fused-ring (bicyclic) bond motifs is 3. The fourth-order valence-electron chi connectivity index (χ4n) is 4.96. The van der Waals surface area contributed by atoms with Gasteiger partial charge in [-0.1, -0.05) is 97.1 Å². The van der Waals surface area contributed by atoms with Crippen molar-refractivity contribution in [3.63, 3.8) is 0 Å². The van der Waals surface area contributed by atoms with E-state index in [1.54, 1.807) is 0 Å². The molecule has 2 heterocycles. The van der Waals surface area contributed by atoms with Gasteiger partial charge in [0.05, 0.1) is 0 Å². The third-order valence-corrected chi connectivity index (χ3v) is 6.83. The molecule has 0 saturated carbocycles. The summed E-state index contributed by atoms with van der Waals surface area (Å²) in [5.41, 5.74) is 10.3. The minimum Gasteiger partial charge on any atom is -0.263 e. The van der Waals surface area contributed by atoms with Gasteiger partial charge >= 0.3 is 0 Å². The van der Waals surface area contributed by atoms with Gasteiger partial charge in [0.25, 0.3) is 0 Å². The summed E-state index contributed by atoms with van der Waals surface area (Å²) in [6.45, 7) is 0. The van der Waals surface area contributed by atoms with Crippen molar-refractivity contribution in [1.82, 2.24) is 19.9 Å². The molecule has 4 heteroatoms. The Kier molecular flexibility index (Phi) is 5.14. The molecule has 4 aromatic carbocycles. The molecular weight excluding hydrogens is 452 g/mol. The first kappa shape index (κ1) is 21.3. The predicted octanol–water partition coefficient (Wildman–Crippen LogP) is 7.51. The van der Waals surface area contributed by atoms with Crippen LogP contribution in [0, 0.1) is 0 Å². The minimum atomic E-state index is 0.605. The summed E-state index contributed by atoms with van der Waals surface area (Å²) in [6.07, 6.45) is 4.72. The standard InChI is InChI=1S/C33H22N4/c1-3-9-22(10-4-1)31-35-32(23-11-5-2-6-12-23)37-33(36-31)28-18-27(20-34-21-28)24-15-16-26-17-25-13-7-8-14-29(25)30(26)19-24/h1-16,18-21H,17H2. The highest BCUT2D eigenvalue weighted by atomic mass is 15.0. The molecule has 1 aliphatic rings. The minimum absolute atomic E-state index is 0.605. The lowest BCUT2D eigenvalue weighted by Gasteiger charge is -2.10. The molecule has 0 aliphatic heterocycles. The summed E-state index contributed by atoms with van der Waals surface area (Å²) < 4.78 is 0. The Morgan fingerprint density at radius 3 is 1.68 bits per heavy atom. The van der Waals surface area contributed by atoms with Crippen molar-refractivity contribution in [2.24, 2.45) is 0 Å². The fraction of sp³-hybridized carbons (Fsp3) is 0.0303. The molecule has 0 atom stereocenters. The van der Waals surface area contributed by atoms with E-state index in [-0.39, 0.29) is 0 Å². The molecule has 2 aromatic heterocycles. The number of hydrogen-bond acceptors (Lipinski definition) is 4. The van der Waals surface area contributed by atoms with E-state index in [9.17, 15) is 0 Å². The number of rotatable bonds is 4. The van der Waals surface area contributed by atoms with E-state index in [1.807, 2.05) is 73.1 Å². The van der Waals surface area contributed by atoms with Gasteiger partial charge in [-0.05, 0) is 46.4 Å². The van der Waals surface area contributed by atoms with Gasteiger partial charge in [-0.2, -0.15) is 0 Å². The van der Waals surface area contributed by atoms with Gasteiger partial charge in [0.2, 0.25) is 0 Å². The quantitative estimate of drug-likeness (QED) is 0.265. The summed E-state index contributed by atoms with van der Waals surface area (Å²) in [5, 5.41) is 0. The van der Waals surface area contributed by atoms with Gasteiger partial charge in [-0.15, -0.1) is 0 Å². The first-order valence-electron chi connectivity index (χ1n) is 12.4. The van der Waals surface area contributed by atoms with Gasteiger partial charge < -0.3 is 0 Å². The molecule has 0 amide bonds. The van der Waals surface area contributed by atoms with Crippen LogP contribution < -0.4 is 0 Å². The van der Waals surface area contributed by atoms with Crippen LogP contribution in [-0.2, 0) is 6.42 Å². The van der Waals surface area contributed by atoms with Crippen LogP contribution >= 0.6 is 0 Å². The van der Waals surface area contributed by atoms with E-state index in [0.717, 1.165) is 34.2 Å². The monoisotopic (exact) mass is 474 g/mol. The van der Waals surface area contributed by atoms with Crippen LogP contribution in [0.5, 0.6) is 0 Å². The second-order valence-corrected chi connectivity index (χ2v) is 9.21. The third kappa shape index (κ3) is 3.99. The second-order valence-electron chi connectivity index (χ2n) is 9.21. The molecule has 0 saturated heterocycles. The first-order valence-corrected chi connectivity index (χ1v) is 12.4. The molecule has 0 spiro atoms. The van der Waals surface area contributed by atoms with Crippen molar-refractivity contribution in [3.8, 4) is 56.4 Å². The molecule has 0 radical (unpaired) electrons. The maximum atomic E-state index is 4.86. The average Bonchev–Trinajstić information content (AvgIpc) is 3.36. The molecule has 37 heavy (non-hydrogen) atoms. The Morgan fingerprint density at radius 2 is 0.973 bits per heavy atom. The molecular formula is C33H22N4. The van der Waals surface area contributed by atoms with Crippen LogP contribution in [0.25, 0.3) is 56.4 Å². The smallest absolute Gasteiger partial charge is 0.165 e. The Balaban J connectivity index is 1.34. The van der Waals surface area contributed by atoms with Crippen LogP contribution in [-0.4, -0.2) is 19.9 Å². The lowest BCUT2D eigenvalue weighted by atomic mass is 9.99. The zero-order chi connectivity index (χ0) is 24.6. The SMILES string of the molecule is c1ccc(-c2nc(-c3ccccc3)nc(-c3cncc(-c4ccc5c(c4)-c4ccccc4C5)c3)n2)cc1. The number of pyridine rings is 1. The highest BCUT2D eigenvalue weighted by molar-refractivity contribution is 5.82. The first-order chi connectivity index (χ1) is 18.3. The van der Waals surface area contributed by atoms with Gasteiger partial charge in [-0.3, -0.25) is 4.98 Å². The molecule has 0 unspecified atom stereocenters. The highest BCUT2D eigenvalue weighted by Crippen LogP contribution is 2.39. The van der Waals surface area contributed by atoms with Gasteiger partial charge in [0.15, 0.2) is 17.5 Å². The largest absolute Gasteiger partial charge is 0.263 e. The van der Waals surface area contributed by atoms with E-state index in [4.69, 9.17) is 15.0 Å². The van der Waals surface area contributed by atoms with Crippen LogP contribution in [0.3, 0.4) is 0 Å². The lowest BCUT2D eigenvalue weighted by molar-refractivity contribution is 1.07. The molecule has 174 valence electrons. The zero-order valence-corrected chi connectivity index (χ0v) is 20.0. The lowest BCUT2D eigenvalue weighted by Crippen LogP contribution is -2.00. The number of aromatic nitrogens is 4. The summed E-state index contributed by atoms with van der Waals surface area (Å²) in [4.78, 5) is 19.1. The van der Waals surface area contributed by atoms with Crippen LogP contribution in [0.1, 0.15) is 11.1 Å². The van der Waals surface area contributed by atoms with Crippen molar-refractivity contribution in [2.75, 3.05) is 0 Å². The predicted molar refractivity (Wildman–Crippen MR) is 148 cm³/mol. The Labute approximate surface area is 215 Å².